The maximum absolute atomic E-state index is 6.20. The van der Waals surface area contributed by atoms with Crippen LogP contribution in [0.3, 0.4) is 0 Å². The van der Waals surface area contributed by atoms with E-state index in [0.29, 0.717) is 10.0 Å². The van der Waals surface area contributed by atoms with E-state index in [1.54, 1.807) is 0 Å². The zero-order chi connectivity index (χ0) is 12.0. The Morgan fingerprint density at radius 1 is 1.29 bits per heavy atom. The Kier molecular flexibility index (Phi) is 2.60. The van der Waals surface area contributed by atoms with Crippen LogP contribution in [0.1, 0.15) is 19.8 Å². The summed E-state index contributed by atoms with van der Waals surface area (Å²) in [5.41, 5.74) is 1.01. The fourth-order valence-electron chi connectivity index (χ4n) is 2.46. The topological polar surface area (TPSA) is 15.6 Å². The number of hydrazone groups is 1. The van der Waals surface area contributed by atoms with Gasteiger partial charge in [0.15, 0.2) is 0 Å². The molecule has 0 radical (unpaired) electrons. The van der Waals surface area contributed by atoms with E-state index in [1.165, 1.54) is 12.8 Å². The summed E-state index contributed by atoms with van der Waals surface area (Å²) >= 11 is 12.4. The number of hydrogen-bond donors (Lipinski definition) is 0. The van der Waals surface area contributed by atoms with Crippen LogP contribution in [0.15, 0.2) is 23.3 Å². The van der Waals surface area contributed by atoms with Crippen LogP contribution in [0.5, 0.6) is 0 Å². The fraction of sp³-hybridized carbons (Fsp3) is 0.462. The third kappa shape index (κ3) is 1.94. The van der Waals surface area contributed by atoms with Crippen molar-refractivity contribution in [2.45, 2.75) is 19.8 Å². The third-order valence-corrected chi connectivity index (χ3v) is 4.30. The van der Waals surface area contributed by atoms with Crippen LogP contribution in [0, 0.1) is 11.3 Å². The molecule has 1 unspecified atom stereocenters. The summed E-state index contributed by atoms with van der Waals surface area (Å²) in [6.45, 7) is 3.14. The summed E-state index contributed by atoms with van der Waals surface area (Å²) in [4.78, 5) is 0. The second-order valence-electron chi connectivity index (χ2n) is 5.15. The van der Waals surface area contributed by atoms with Gasteiger partial charge in [-0.3, -0.25) is 5.01 Å². The van der Waals surface area contributed by atoms with Gasteiger partial charge >= 0.3 is 0 Å². The largest absolute Gasteiger partial charge is 0.262 e. The molecule has 1 atom stereocenters. The van der Waals surface area contributed by atoms with Crippen LogP contribution in [-0.4, -0.2) is 12.8 Å². The summed E-state index contributed by atoms with van der Waals surface area (Å²) in [5, 5.41) is 7.74. The van der Waals surface area contributed by atoms with Crippen molar-refractivity contribution in [2.75, 3.05) is 11.6 Å². The number of anilines is 1. The predicted molar refractivity (Wildman–Crippen MR) is 73.1 cm³/mol. The second-order valence-corrected chi connectivity index (χ2v) is 5.97. The van der Waals surface area contributed by atoms with Gasteiger partial charge in [-0.1, -0.05) is 36.2 Å². The summed E-state index contributed by atoms with van der Waals surface area (Å²) in [7, 11) is 0. The van der Waals surface area contributed by atoms with Crippen molar-refractivity contribution in [2.24, 2.45) is 16.4 Å². The standard InChI is InChI=1S/C13H14Cl2N2/c1-13(9-5-6-9)7-16-17(8-13)12-10(14)3-2-4-11(12)15/h2-4,7,9H,5-6,8H2,1H3. The van der Waals surface area contributed by atoms with Crippen molar-refractivity contribution in [1.82, 2.24) is 0 Å². The molecule has 3 rings (SSSR count). The minimum Gasteiger partial charge on any atom is -0.262 e. The lowest BCUT2D eigenvalue weighted by atomic mass is 9.87. The van der Waals surface area contributed by atoms with Gasteiger partial charge in [0.25, 0.3) is 0 Å². The molecule has 1 fully saturated rings. The molecular formula is C13H14Cl2N2. The molecule has 0 saturated heterocycles. The Labute approximate surface area is 111 Å². The molecule has 0 spiro atoms. The number of hydrogen-bond acceptors (Lipinski definition) is 2. The van der Waals surface area contributed by atoms with E-state index in [4.69, 9.17) is 23.2 Å². The maximum atomic E-state index is 6.20. The van der Waals surface area contributed by atoms with Crippen LogP contribution < -0.4 is 5.01 Å². The van der Waals surface area contributed by atoms with Gasteiger partial charge in [-0.25, -0.2) is 0 Å². The minimum absolute atomic E-state index is 0.183. The van der Waals surface area contributed by atoms with E-state index in [-0.39, 0.29) is 5.41 Å². The van der Waals surface area contributed by atoms with Gasteiger partial charge in [0.05, 0.1) is 22.3 Å². The molecule has 1 saturated carbocycles. The first-order chi connectivity index (χ1) is 8.10. The Bertz CT molecular complexity index is 462. The van der Waals surface area contributed by atoms with E-state index in [1.807, 2.05) is 23.2 Å². The number of para-hydroxylation sites is 1. The number of rotatable bonds is 2. The lowest BCUT2D eigenvalue weighted by Gasteiger charge is -2.24. The van der Waals surface area contributed by atoms with Gasteiger partial charge in [0, 0.05) is 11.6 Å². The summed E-state index contributed by atoms with van der Waals surface area (Å²) < 4.78 is 0. The lowest BCUT2D eigenvalue weighted by Crippen LogP contribution is -2.28. The van der Waals surface area contributed by atoms with Gasteiger partial charge in [-0.15, -0.1) is 0 Å². The molecule has 0 aromatic heterocycles. The van der Waals surface area contributed by atoms with Crippen molar-refractivity contribution in [3.63, 3.8) is 0 Å². The van der Waals surface area contributed by atoms with Gasteiger partial charge < -0.3 is 0 Å². The molecule has 1 aliphatic heterocycles. The SMILES string of the molecule is CC1(C2CC2)C=NN(c2c(Cl)cccc2Cl)C1. The van der Waals surface area contributed by atoms with Gasteiger partial charge in [-0.05, 0) is 30.9 Å². The highest BCUT2D eigenvalue weighted by atomic mass is 35.5. The van der Waals surface area contributed by atoms with Crippen molar-refractivity contribution in [1.29, 1.82) is 0 Å². The first-order valence-electron chi connectivity index (χ1n) is 5.87. The molecular weight excluding hydrogens is 255 g/mol. The first kappa shape index (κ1) is 11.4. The second kappa shape index (κ2) is 3.89. The number of halogens is 2. The number of benzene rings is 1. The van der Waals surface area contributed by atoms with E-state index in [0.717, 1.165) is 18.2 Å². The van der Waals surface area contributed by atoms with Crippen LogP contribution in [0.25, 0.3) is 0 Å². The molecule has 4 heteroatoms. The molecule has 90 valence electrons. The fourth-order valence-corrected chi connectivity index (χ4v) is 3.05. The molecule has 1 heterocycles. The van der Waals surface area contributed by atoms with Gasteiger partial charge in [0.1, 0.15) is 0 Å². The average Bonchev–Trinajstić information content (AvgIpc) is 3.05. The van der Waals surface area contributed by atoms with E-state index in [9.17, 15) is 0 Å². The molecule has 2 nitrogen and oxygen atoms in total. The highest BCUT2D eigenvalue weighted by Gasteiger charge is 2.44. The molecule has 0 amide bonds. The molecule has 0 N–H and O–H groups in total. The van der Waals surface area contributed by atoms with Crippen molar-refractivity contribution >= 4 is 35.1 Å². The molecule has 2 aliphatic rings. The van der Waals surface area contributed by atoms with Gasteiger partial charge in [-0.2, -0.15) is 5.10 Å². The quantitative estimate of drug-likeness (QED) is 0.785. The van der Waals surface area contributed by atoms with Crippen LogP contribution in [0.4, 0.5) is 5.69 Å². The van der Waals surface area contributed by atoms with E-state index >= 15 is 0 Å². The monoisotopic (exact) mass is 268 g/mol. The van der Waals surface area contributed by atoms with E-state index in [2.05, 4.69) is 18.2 Å². The van der Waals surface area contributed by atoms with Crippen LogP contribution in [-0.2, 0) is 0 Å². The first-order valence-corrected chi connectivity index (χ1v) is 6.62. The highest BCUT2D eigenvalue weighted by molar-refractivity contribution is 6.39. The molecule has 1 aliphatic carbocycles. The van der Waals surface area contributed by atoms with Crippen molar-refractivity contribution in [3.8, 4) is 0 Å². The van der Waals surface area contributed by atoms with Crippen LogP contribution in [0.2, 0.25) is 10.0 Å². The van der Waals surface area contributed by atoms with E-state index < -0.39 is 0 Å². The smallest absolute Gasteiger partial charge is 0.0966 e. The molecule has 17 heavy (non-hydrogen) atoms. The zero-order valence-electron chi connectivity index (χ0n) is 9.66. The lowest BCUT2D eigenvalue weighted by molar-refractivity contribution is 0.435. The summed E-state index contributed by atoms with van der Waals surface area (Å²) in [6.07, 6.45) is 4.68. The Hall–Kier alpha value is -0.730. The van der Waals surface area contributed by atoms with Gasteiger partial charge in [0.2, 0.25) is 0 Å². The normalized spacial score (nSPS) is 27.8. The summed E-state index contributed by atoms with van der Waals surface area (Å²) in [6, 6.07) is 5.56. The highest BCUT2D eigenvalue weighted by Crippen LogP contribution is 2.48. The summed E-state index contributed by atoms with van der Waals surface area (Å²) in [5.74, 6) is 0.775. The Morgan fingerprint density at radius 2 is 1.94 bits per heavy atom. The van der Waals surface area contributed by atoms with Crippen molar-refractivity contribution in [3.05, 3.63) is 28.2 Å². The third-order valence-electron chi connectivity index (χ3n) is 3.69. The Morgan fingerprint density at radius 3 is 2.53 bits per heavy atom. The number of nitrogens with zero attached hydrogens (tertiary/aromatic N) is 2. The minimum atomic E-state index is 0.183. The Balaban J connectivity index is 1.90. The maximum Gasteiger partial charge on any atom is 0.0966 e. The van der Waals surface area contributed by atoms with Crippen LogP contribution >= 0.6 is 23.2 Å². The zero-order valence-corrected chi connectivity index (χ0v) is 11.2. The molecule has 1 aromatic rings. The molecule has 0 bridgehead atoms. The van der Waals surface area contributed by atoms with Crippen molar-refractivity contribution < 1.29 is 0 Å². The molecule has 1 aromatic carbocycles. The average molecular weight is 269 g/mol. The predicted octanol–water partition coefficient (Wildman–Crippen LogP) is 4.22.